The van der Waals surface area contributed by atoms with Crippen LogP contribution < -0.4 is 19.6 Å². The van der Waals surface area contributed by atoms with Gasteiger partial charge in [0.2, 0.25) is 0 Å². The first-order valence-electron chi connectivity index (χ1n) is 13.1. The van der Waals surface area contributed by atoms with E-state index < -0.39 is 16.9 Å². The van der Waals surface area contributed by atoms with E-state index in [1.165, 1.54) is 28.0 Å². The number of nitrogens with zero attached hydrogens (tertiary/aromatic N) is 3. The molecule has 10 nitrogen and oxygen atoms in total. The number of carbonyl (C=O) groups excluding carboxylic acids is 1. The average Bonchev–Trinajstić information content (AvgIpc) is 3.57. The molecule has 0 radical (unpaired) electrons. The van der Waals surface area contributed by atoms with Crippen molar-refractivity contribution in [2.45, 2.75) is 32.7 Å². The number of nitro benzene ring substituents is 1. The monoisotopic (exact) mass is 573 g/mol. The molecule has 3 heterocycles. The van der Waals surface area contributed by atoms with Crippen molar-refractivity contribution < 1.29 is 23.6 Å². The van der Waals surface area contributed by atoms with E-state index in [1.54, 1.807) is 50.4 Å². The number of methoxy groups -OCH3 is 1. The van der Waals surface area contributed by atoms with Crippen molar-refractivity contribution in [3.8, 4) is 17.1 Å². The summed E-state index contributed by atoms with van der Waals surface area (Å²) in [6, 6.07) is 16.0. The number of hydrogen-bond donors (Lipinski definition) is 0. The van der Waals surface area contributed by atoms with Crippen LogP contribution in [-0.2, 0) is 9.53 Å². The SMILES string of the molecule is CCCC1=C(C(=O)OCC)C(c2ccccc2OC)n2c(s/c(=C\c3ccc(-c4cccc([N+](=O)[O-])c4)o3)c2=O)=N1. The summed E-state index contributed by atoms with van der Waals surface area (Å²) in [5.74, 6) is 0.815. The number of hydrogen-bond acceptors (Lipinski definition) is 9. The fourth-order valence-electron chi connectivity index (χ4n) is 4.80. The summed E-state index contributed by atoms with van der Waals surface area (Å²) in [5, 5.41) is 11.2. The van der Waals surface area contributed by atoms with E-state index in [0.29, 0.717) is 55.4 Å². The number of aromatic nitrogens is 1. The average molecular weight is 574 g/mol. The Morgan fingerprint density at radius 3 is 2.71 bits per heavy atom. The second-order valence-corrected chi connectivity index (χ2v) is 10.2. The summed E-state index contributed by atoms with van der Waals surface area (Å²) in [4.78, 5) is 43.2. The van der Waals surface area contributed by atoms with Gasteiger partial charge in [-0.2, -0.15) is 0 Å². The zero-order chi connectivity index (χ0) is 29.1. The molecule has 4 aromatic rings. The number of fused-ring (bicyclic) bond motifs is 1. The van der Waals surface area contributed by atoms with Crippen LogP contribution in [0.2, 0.25) is 0 Å². The van der Waals surface area contributed by atoms with E-state index in [0.717, 1.165) is 6.42 Å². The number of rotatable bonds is 9. The smallest absolute Gasteiger partial charge is 0.338 e. The molecule has 11 heteroatoms. The predicted octanol–water partition coefficient (Wildman–Crippen LogP) is 4.76. The van der Waals surface area contributed by atoms with Crippen LogP contribution >= 0.6 is 11.3 Å². The van der Waals surface area contributed by atoms with Crippen LogP contribution in [0.1, 0.15) is 44.1 Å². The fraction of sp³-hybridized carbons (Fsp3) is 0.233. The van der Waals surface area contributed by atoms with Crippen LogP contribution in [0, 0.1) is 10.1 Å². The molecule has 0 fully saturated rings. The Morgan fingerprint density at radius 1 is 1.17 bits per heavy atom. The highest BCUT2D eigenvalue weighted by Crippen LogP contribution is 2.37. The highest BCUT2D eigenvalue weighted by atomic mass is 32.1. The van der Waals surface area contributed by atoms with Gasteiger partial charge in [-0.25, -0.2) is 9.79 Å². The highest BCUT2D eigenvalue weighted by Gasteiger charge is 2.35. The van der Waals surface area contributed by atoms with E-state index in [4.69, 9.17) is 18.9 Å². The molecule has 0 aliphatic carbocycles. The van der Waals surface area contributed by atoms with Gasteiger partial charge in [-0.3, -0.25) is 19.5 Å². The van der Waals surface area contributed by atoms with Crippen molar-refractivity contribution in [1.82, 2.24) is 4.57 Å². The van der Waals surface area contributed by atoms with Gasteiger partial charge in [0.25, 0.3) is 11.2 Å². The minimum Gasteiger partial charge on any atom is -0.496 e. The molecule has 210 valence electrons. The Bertz CT molecular complexity index is 1850. The van der Waals surface area contributed by atoms with E-state index >= 15 is 0 Å². The van der Waals surface area contributed by atoms with Crippen molar-refractivity contribution >= 4 is 29.1 Å². The summed E-state index contributed by atoms with van der Waals surface area (Å²) in [6.07, 6.45) is 2.87. The molecule has 0 saturated heterocycles. The molecule has 1 aliphatic rings. The summed E-state index contributed by atoms with van der Waals surface area (Å²) < 4.78 is 18.9. The molecule has 0 spiro atoms. The minimum absolute atomic E-state index is 0.0506. The Hall–Kier alpha value is -4.77. The molecule has 0 saturated carbocycles. The number of carbonyl (C=O) groups is 1. The van der Waals surface area contributed by atoms with Gasteiger partial charge >= 0.3 is 5.97 Å². The summed E-state index contributed by atoms with van der Waals surface area (Å²) in [6.45, 7) is 3.90. The maximum atomic E-state index is 13.9. The van der Waals surface area contributed by atoms with Gasteiger partial charge in [0.05, 0.1) is 34.4 Å². The number of esters is 1. The van der Waals surface area contributed by atoms with Gasteiger partial charge in [0.1, 0.15) is 23.3 Å². The van der Waals surface area contributed by atoms with Crippen molar-refractivity contribution in [2.75, 3.05) is 13.7 Å². The van der Waals surface area contributed by atoms with Gasteiger partial charge in [0, 0.05) is 29.3 Å². The van der Waals surface area contributed by atoms with Crippen molar-refractivity contribution in [3.63, 3.8) is 0 Å². The Kier molecular flexibility index (Phi) is 7.97. The standard InChI is InChI=1S/C30H27N3O7S/c1-4-9-22-26(29(35)39-5-2)27(21-12-6-7-13-24(21)38-3)32-28(34)25(41-30(32)31-22)17-20-14-15-23(40-20)18-10-8-11-19(16-18)33(36)37/h6-8,10-17,27H,4-5,9H2,1-3H3/b25-17-. The molecule has 0 bridgehead atoms. The molecular weight excluding hydrogens is 546 g/mol. The van der Waals surface area contributed by atoms with Crippen molar-refractivity contribution in [1.29, 1.82) is 0 Å². The number of non-ortho nitro benzene ring substituents is 1. The maximum absolute atomic E-state index is 13.9. The lowest BCUT2D eigenvalue weighted by atomic mass is 9.93. The number of furan rings is 1. The van der Waals surface area contributed by atoms with Gasteiger partial charge in [-0.15, -0.1) is 0 Å². The van der Waals surface area contributed by atoms with Crippen LogP contribution in [-0.4, -0.2) is 29.2 Å². The zero-order valence-corrected chi connectivity index (χ0v) is 23.5. The molecular formula is C30H27N3O7S. The number of nitro groups is 1. The molecule has 2 aromatic heterocycles. The van der Waals surface area contributed by atoms with Crippen LogP contribution in [0.15, 0.2) is 86.1 Å². The lowest BCUT2D eigenvalue weighted by molar-refractivity contribution is -0.384. The first-order chi connectivity index (χ1) is 19.9. The van der Waals surface area contributed by atoms with Crippen LogP contribution in [0.4, 0.5) is 5.69 Å². The lowest BCUT2D eigenvalue weighted by Crippen LogP contribution is -2.40. The van der Waals surface area contributed by atoms with Crippen molar-refractivity contribution in [3.05, 3.63) is 113 Å². The number of thiazole rings is 1. The predicted molar refractivity (Wildman–Crippen MR) is 153 cm³/mol. The molecule has 5 rings (SSSR count). The minimum atomic E-state index is -0.804. The molecule has 0 amide bonds. The van der Waals surface area contributed by atoms with E-state index in [1.807, 2.05) is 25.1 Å². The normalized spacial score (nSPS) is 14.9. The van der Waals surface area contributed by atoms with Gasteiger partial charge in [0.15, 0.2) is 4.80 Å². The Labute approximate surface area is 238 Å². The van der Waals surface area contributed by atoms with Crippen LogP contribution in [0.3, 0.4) is 0 Å². The third kappa shape index (κ3) is 5.36. The van der Waals surface area contributed by atoms with Crippen molar-refractivity contribution in [2.24, 2.45) is 4.99 Å². The molecule has 41 heavy (non-hydrogen) atoms. The third-order valence-corrected chi connectivity index (χ3v) is 7.55. The molecule has 1 aliphatic heterocycles. The van der Waals surface area contributed by atoms with E-state index in [9.17, 15) is 19.7 Å². The third-order valence-electron chi connectivity index (χ3n) is 6.57. The van der Waals surface area contributed by atoms with E-state index in [2.05, 4.69) is 0 Å². The summed E-state index contributed by atoms with van der Waals surface area (Å²) >= 11 is 1.19. The van der Waals surface area contributed by atoms with Gasteiger partial charge < -0.3 is 13.9 Å². The molecule has 2 aromatic carbocycles. The zero-order valence-electron chi connectivity index (χ0n) is 22.7. The summed E-state index contributed by atoms with van der Waals surface area (Å²) in [5.41, 5.74) is 1.66. The second kappa shape index (κ2) is 11.8. The second-order valence-electron chi connectivity index (χ2n) is 9.16. The fourth-order valence-corrected chi connectivity index (χ4v) is 5.79. The number of ether oxygens (including phenoxy) is 2. The molecule has 1 unspecified atom stereocenters. The largest absolute Gasteiger partial charge is 0.496 e. The van der Waals surface area contributed by atoms with Gasteiger partial charge in [-0.05, 0) is 31.5 Å². The summed E-state index contributed by atoms with van der Waals surface area (Å²) in [7, 11) is 1.54. The molecule has 1 atom stereocenters. The molecule has 0 N–H and O–H groups in total. The number of allylic oxidation sites excluding steroid dienone is 1. The maximum Gasteiger partial charge on any atom is 0.338 e. The van der Waals surface area contributed by atoms with Crippen LogP contribution in [0.25, 0.3) is 17.4 Å². The lowest BCUT2D eigenvalue weighted by Gasteiger charge is -2.26. The number of para-hydroxylation sites is 1. The van der Waals surface area contributed by atoms with E-state index in [-0.39, 0.29) is 17.9 Å². The topological polar surface area (TPSA) is 126 Å². The first kappa shape index (κ1) is 27.8. The first-order valence-corrected chi connectivity index (χ1v) is 13.9. The number of benzene rings is 2. The Balaban J connectivity index is 1.67. The Morgan fingerprint density at radius 2 is 1.98 bits per heavy atom. The van der Waals surface area contributed by atoms with Crippen LogP contribution in [0.5, 0.6) is 5.75 Å². The quantitative estimate of drug-likeness (QED) is 0.161. The highest BCUT2D eigenvalue weighted by molar-refractivity contribution is 7.07. The van der Waals surface area contributed by atoms with Gasteiger partial charge in [-0.1, -0.05) is 55.0 Å².